The quantitative estimate of drug-likeness (QED) is 0.797. The summed E-state index contributed by atoms with van der Waals surface area (Å²) in [5.41, 5.74) is 1.17. The topological polar surface area (TPSA) is 37.4 Å². The van der Waals surface area contributed by atoms with Crippen LogP contribution in [-0.2, 0) is 9.59 Å². The maximum absolute atomic E-state index is 13.4. The molecule has 6 rings (SSSR count). The highest BCUT2D eigenvalue weighted by Crippen LogP contribution is 2.57. The first-order chi connectivity index (χ1) is 11.7. The van der Waals surface area contributed by atoms with Gasteiger partial charge in [-0.2, -0.15) is 0 Å². The Bertz CT molecular complexity index is 627. The van der Waals surface area contributed by atoms with E-state index in [1.165, 1.54) is 37.7 Å². The summed E-state index contributed by atoms with van der Waals surface area (Å²) >= 11 is 0. The minimum absolute atomic E-state index is 0.103. The lowest BCUT2D eigenvalue weighted by Gasteiger charge is -2.56. The van der Waals surface area contributed by atoms with Crippen molar-refractivity contribution in [2.75, 3.05) is 0 Å². The summed E-state index contributed by atoms with van der Waals surface area (Å²) in [4.78, 5) is 26.8. The predicted octanol–water partition coefficient (Wildman–Crippen LogP) is 3.60. The van der Waals surface area contributed by atoms with Crippen LogP contribution in [0.4, 0.5) is 0 Å². The third-order valence-corrected chi connectivity index (χ3v) is 7.27. The summed E-state index contributed by atoms with van der Waals surface area (Å²) in [5, 5.41) is 0. The van der Waals surface area contributed by atoms with Crippen molar-refractivity contribution in [3.8, 4) is 0 Å². The first-order valence-corrected chi connectivity index (χ1v) is 9.57. The molecule has 4 saturated carbocycles. The third-order valence-electron chi connectivity index (χ3n) is 7.27. The van der Waals surface area contributed by atoms with E-state index in [0.717, 1.165) is 24.5 Å². The fourth-order valence-electron chi connectivity index (χ4n) is 6.46. The Balaban J connectivity index is 1.41. The second-order valence-electron chi connectivity index (χ2n) is 8.57. The first-order valence-electron chi connectivity index (χ1n) is 9.57. The molecule has 1 saturated heterocycles. The highest BCUT2D eigenvalue weighted by molar-refractivity contribution is 5.85. The number of carbonyl (C=O) groups excluding carboxylic acids is 2. The maximum Gasteiger partial charge on any atom is 0.227 e. The number of benzene rings is 1. The molecule has 2 atom stereocenters. The van der Waals surface area contributed by atoms with Crippen molar-refractivity contribution in [2.24, 2.45) is 29.6 Å². The molecule has 24 heavy (non-hydrogen) atoms. The number of hydrogen-bond acceptors (Lipinski definition) is 2. The van der Waals surface area contributed by atoms with Crippen LogP contribution in [0.15, 0.2) is 30.3 Å². The average Bonchev–Trinajstić information content (AvgIpc) is 2.54. The van der Waals surface area contributed by atoms with E-state index in [4.69, 9.17) is 0 Å². The van der Waals surface area contributed by atoms with Gasteiger partial charge in [0.05, 0.1) is 12.1 Å². The van der Waals surface area contributed by atoms with Crippen molar-refractivity contribution in [1.82, 2.24) is 4.90 Å². The van der Waals surface area contributed by atoms with Gasteiger partial charge >= 0.3 is 0 Å². The summed E-state index contributed by atoms with van der Waals surface area (Å²) in [6.45, 7) is 0. The predicted molar refractivity (Wildman–Crippen MR) is 91.0 cm³/mol. The van der Waals surface area contributed by atoms with Crippen LogP contribution >= 0.6 is 0 Å². The van der Waals surface area contributed by atoms with Gasteiger partial charge in [0.15, 0.2) is 0 Å². The molecule has 0 N–H and O–H groups in total. The zero-order valence-corrected chi connectivity index (χ0v) is 14.0. The molecule has 1 aromatic carbocycles. The highest BCUT2D eigenvalue weighted by Gasteiger charge is 2.54. The number of aldehydes is 1. The van der Waals surface area contributed by atoms with Gasteiger partial charge in [0, 0.05) is 5.92 Å². The van der Waals surface area contributed by atoms with E-state index in [0.29, 0.717) is 11.8 Å². The molecule has 4 bridgehead atoms. The molecule has 4 aliphatic carbocycles. The van der Waals surface area contributed by atoms with E-state index in [9.17, 15) is 9.59 Å². The van der Waals surface area contributed by atoms with Gasteiger partial charge < -0.3 is 9.69 Å². The lowest BCUT2D eigenvalue weighted by atomic mass is 9.51. The fourth-order valence-corrected chi connectivity index (χ4v) is 6.46. The minimum Gasteiger partial charge on any atom is -0.325 e. The second kappa shape index (κ2) is 5.44. The number of amides is 1. The van der Waals surface area contributed by atoms with Crippen molar-refractivity contribution in [2.45, 2.75) is 50.6 Å². The molecule has 1 heterocycles. The summed E-state index contributed by atoms with van der Waals surface area (Å²) in [6.07, 6.45) is 8.16. The van der Waals surface area contributed by atoms with E-state index < -0.39 is 0 Å². The number of hydrogen-bond donors (Lipinski definition) is 0. The Morgan fingerprint density at radius 3 is 2.12 bits per heavy atom. The Labute approximate surface area is 143 Å². The van der Waals surface area contributed by atoms with Crippen LogP contribution in [0.3, 0.4) is 0 Å². The molecule has 1 amide bonds. The number of nitrogens with zero attached hydrogens (tertiary/aromatic N) is 1. The van der Waals surface area contributed by atoms with Gasteiger partial charge in [-0.05, 0) is 67.8 Å². The van der Waals surface area contributed by atoms with Gasteiger partial charge in [-0.25, -0.2) is 0 Å². The monoisotopic (exact) mass is 323 g/mol. The van der Waals surface area contributed by atoms with Crippen molar-refractivity contribution in [3.05, 3.63) is 35.9 Å². The van der Waals surface area contributed by atoms with Crippen molar-refractivity contribution < 1.29 is 9.59 Å². The van der Waals surface area contributed by atoms with Gasteiger partial charge in [0.1, 0.15) is 6.29 Å². The maximum atomic E-state index is 13.4. The molecule has 3 nitrogen and oxygen atoms in total. The third kappa shape index (κ3) is 2.09. The lowest BCUT2D eigenvalue weighted by molar-refractivity contribution is -0.164. The smallest absolute Gasteiger partial charge is 0.227 e. The molecule has 2 unspecified atom stereocenters. The van der Waals surface area contributed by atoms with E-state index in [1.54, 1.807) is 0 Å². The summed E-state index contributed by atoms with van der Waals surface area (Å²) in [5.74, 6) is 3.38. The molecule has 0 aromatic heterocycles. The molecule has 5 aliphatic rings. The van der Waals surface area contributed by atoms with E-state index >= 15 is 0 Å². The first kappa shape index (κ1) is 14.7. The summed E-state index contributed by atoms with van der Waals surface area (Å²) in [6, 6.07) is 10.1. The Morgan fingerprint density at radius 1 is 0.917 bits per heavy atom. The van der Waals surface area contributed by atoms with Crippen LogP contribution < -0.4 is 0 Å². The molecule has 0 radical (unpaired) electrons. The molecule has 1 aliphatic heterocycles. The lowest BCUT2D eigenvalue weighted by Crippen LogP contribution is -2.60. The number of likely N-dealkylation sites (tertiary alicyclic amines) is 1. The van der Waals surface area contributed by atoms with Crippen LogP contribution in [-0.4, -0.2) is 23.1 Å². The number of rotatable bonds is 3. The average molecular weight is 323 g/mol. The molecule has 1 aromatic rings. The van der Waals surface area contributed by atoms with E-state index in [-0.39, 0.29) is 23.9 Å². The molecular weight excluding hydrogens is 298 g/mol. The van der Waals surface area contributed by atoms with Crippen LogP contribution in [0.5, 0.6) is 0 Å². The molecular formula is C21H25NO2. The van der Waals surface area contributed by atoms with Gasteiger partial charge in [0.2, 0.25) is 5.91 Å². The SMILES string of the molecule is O=CC1CC(c2ccccc2)N1C(=O)C1C2CC3CC(C2)CC1C3. The van der Waals surface area contributed by atoms with Crippen molar-refractivity contribution >= 4 is 12.2 Å². The van der Waals surface area contributed by atoms with Crippen LogP contribution in [0.25, 0.3) is 0 Å². The van der Waals surface area contributed by atoms with Crippen molar-refractivity contribution in [3.63, 3.8) is 0 Å². The summed E-state index contributed by atoms with van der Waals surface area (Å²) in [7, 11) is 0. The standard InChI is InChI=1S/C21H25NO2/c23-12-18-11-19(15-4-2-1-3-5-15)22(18)21(24)20-16-7-13-6-14(9-16)10-17(20)8-13/h1-5,12-14,16-20H,6-11H2. The van der Waals surface area contributed by atoms with E-state index in [2.05, 4.69) is 12.1 Å². The zero-order chi connectivity index (χ0) is 16.3. The van der Waals surface area contributed by atoms with E-state index in [1.807, 2.05) is 23.1 Å². The Hall–Kier alpha value is -1.64. The fraction of sp³-hybridized carbons (Fsp3) is 0.619. The molecule has 0 spiro atoms. The van der Waals surface area contributed by atoms with Gasteiger partial charge in [0.25, 0.3) is 0 Å². The molecule has 126 valence electrons. The van der Waals surface area contributed by atoms with Crippen LogP contribution in [0.2, 0.25) is 0 Å². The van der Waals surface area contributed by atoms with Crippen LogP contribution in [0.1, 0.15) is 50.1 Å². The van der Waals surface area contributed by atoms with Crippen LogP contribution in [0, 0.1) is 29.6 Å². The van der Waals surface area contributed by atoms with Gasteiger partial charge in [-0.15, -0.1) is 0 Å². The summed E-state index contributed by atoms with van der Waals surface area (Å²) < 4.78 is 0. The molecule has 3 heteroatoms. The zero-order valence-electron chi connectivity index (χ0n) is 14.0. The van der Waals surface area contributed by atoms with Gasteiger partial charge in [-0.1, -0.05) is 30.3 Å². The normalized spacial score (nSPS) is 42.7. The van der Waals surface area contributed by atoms with Gasteiger partial charge in [-0.3, -0.25) is 4.79 Å². The minimum atomic E-state index is -0.208. The highest BCUT2D eigenvalue weighted by atomic mass is 16.2. The van der Waals surface area contributed by atoms with Crippen molar-refractivity contribution in [1.29, 1.82) is 0 Å². The Kier molecular flexibility index (Phi) is 3.33. The largest absolute Gasteiger partial charge is 0.325 e. The Morgan fingerprint density at radius 2 is 1.54 bits per heavy atom. The molecule has 5 fully saturated rings. The second-order valence-corrected chi connectivity index (χ2v) is 8.57. The number of carbonyl (C=O) groups is 2.